The molecule has 0 saturated carbocycles. The number of aromatic amines is 1. The Bertz CT molecular complexity index is 452. The first kappa shape index (κ1) is 12.9. The number of H-pyrrole nitrogens is 1. The highest BCUT2D eigenvalue weighted by Gasteiger charge is 2.26. The van der Waals surface area contributed by atoms with Crippen LogP contribution in [0.15, 0.2) is 23.9 Å². The molecule has 0 radical (unpaired) electrons. The summed E-state index contributed by atoms with van der Waals surface area (Å²) >= 11 is 0. The third-order valence-corrected chi connectivity index (χ3v) is 4.14. The van der Waals surface area contributed by atoms with Crippen LogP contribution in [0.2, 0.25) is 0 Å². The summed E-state index contributed by atoms with van der Waals surface area (Å²) in [5.74, 6) is 0. The summed E-state index contributed by atoms with van der Waals surface area (Å²) in [7, 11) is -3.55. The molecular formula is C9H16N4O2S. The van der Waals surface area contributed by atoms with Gasteiger partial charge in [0.25, 0.3) is 10.0 Å². The maximum atomic E-state index is 12.1. The third kappa shape index (κ3) is 2.31. The molecular weight excluding hydrogens is 228 g/mol. The van der Waals surface area contributed by atoms with E-state index in [4.69, 9.17) is 5.73 Å². The van der Waals surface area contributed by atoms with Crippen molar-refractivity contribution >= 4 is 10.0 Å². The van der Waals surface area contributed by atoms with Crippen LogP contribution in [-0.2, 0) is 16.6 Å². The second-order valence-corrected chi connectivity index (χ2v) is 5.05. The molecule has 1 rings (SSSR count). The minimum absolute atomic E-state index is 0.0682. The number of likely N-dealkylation sites (N-methyl/N-ethyl adjacent to an activating group) is 1. The predicted molar refractivity (Wildman–Crippen MR) is 61.1 cm³/mol. The minimum Gasteiger partial charge on any atom is -0.326 e. The molecule has 6 nitrogen and oxygen atoms in total. The normalized spacial score (nSPS) is 11.9. The molecule has 0 aromatic carbocycles. The van der Waals surface area contributed by atoms with Crippen LogP contribution in [0.25, 0.3) is 0 Å². The topological polar surface area (TPSA) is 92.1 Å². The Balaban J connectivity index is 3.14. The third-order valence-electron chi connectivity index (χ3n) is 2.18. The molecule has 0 aliphatic heterocycles. The molecule has 0 unspecified atom stereocenters. The van der Waals surface area contributed by atoms with Crippen LogP contribution in [0.3, 0.4) is 0 Å². The van der Waals surface area contributed by atoms with Crippen LogP contribution in [-0.4, -0.2) is 36.0 Å². The van der Waals surface area contributed by atoms with Crippen molar-refractivity contribution in [2.75, 3.05) is 13.1 Å². The monoisotopic (exact) mass is 244 g/mol. The van der Waals surface area contributed by atoms with E-state index in [0.717, 1.165) is 0 Å². The van der Waals surface area contributed by atoms with Crippen molar-refractivity contribution in [3.05, 3.63) is 24.4 Å². The quantitative estimate of drug-likeness (QED) is 0.692. The first-order valence-electron chi connectivity index (χ1n) is 4.91. The second-order valence-electron chi connectivity index (χ2n) is 3.17. The maximum absolute atomic E-state index is 12.1. The Morgan fingerprint density at radius 1 is 1.69 bits per heavy atom. The standard InChI is InChI=1S/C9H16N4O2S/c1-3-5-13(4-2)16(14,15)9-8(6-10)7-11-12-9/h3,7H,1,4-6,10H2,2H3,(H,11,12). The number of hydrogen-bond donors (Lipinski definition) is 2. The Morgan fingerprint density at radius 3 is 2.88 bits per heavy atom. The van der Waals surface area contributed by atoms with Gasteiger partial charge in [-0.1, -0.05) is 13.0 Å². The van der Waals surface area contributed by atoms with Gasteiger partial charge in [-0.2, -0.15) is 9.40 Å². The summed E-state index contributed by atoms with van der Waals surface area (Å²) in [6.45, 7) is 6.07. The lowest BCUT2D eigenvalue weighted by Crippen LogP contribution is -2.32. The molecule has 0 amide bonds. The lowest BCUT2D eigenvalue weighted by atomic mass is 10.4. The maximum Gasteiger partial charge on any atom is 0.260 e. The number of sulfonamides is 1. The number of nitrogens with zero attached hydrogens (tertiary/aromatic N) is 2. The Labute approximate surface area is 95.2 Å². The van der Waals surface area contributed by atoms with Crippen LogP contribution >= 0.6 is 0 Å². The molecule has 3 N–H and O–H groups in total. The summed E-state index contributed by atoms with van der Waals surface area (Å²) in [5.41, 5.74) is 5.93. The number of rotatable bonds is 6. The second kappa shape index (κ2) is 5.24. The Morgan fingerprint density at radius 2 is 2.38 bits per heavy atom. The van der Waals surface area contributed by atoms with Crippen LogP contribution in [0.4, 0.5) is 0 Å². The SMILES string of the molecule is C=CCN(CC)S(=O)(=O)c1[nH]ncc1CN. The average molecular weight is 244 g/mol. The zero-order chi connectivity index (χ0) is 12.2. The summed E-state index contributed by atoms with van der Waals surface area (Å²) in [6.07, 6.45) is 2.97. The lowest BCUT2D eigenvalue weighted by Gasteiger charge is -2.18. The van der Waals surface area contributed by atoms with Gasteiger partial charge in [0.2, 0.25) is 0 Å². The van der Waals surface area contributed by atoms with E-state index in [1.807, 2.05) is 0 Å². The van der Waals surface area contributed by atoms with Crippen LogP contribution in [0, 0.1) is 0 Å². The van der Waals surface area contributed by atoms with Crippen molar-refractivity contribution in [3.63, 3.8) is 0 Å². The van der Waals surface area contributed by atoms with Crippen LogP contribution < -0.4 is 5.73 Å². The van der Waals surface area contributed by atoms with Gasteiger partial charge >= 0.3 is 0 Å². The summed E-state index contributed by atoms with van der Waals surface area (Å²) < 4.78 is 25.6. The summed E-state index contributed by atoms with van der Waals surface area (Å²) in [4.78, 5) is 0. The predicted octanol–water partition coefficient (Wildman–Crippen LogP) is 0.0650. The highest BCUT2D eigenvalue weighted by molar-refractivity contribution is 7.89. The molecule has 0 saturated heterocycles. The molecule has 0 atom stereocenters. The first-order chi connectivity index (χ1) is 7.57. The van der Waals surface area contributed by atoms with E-state index >= 15 is 0 Å². The number of nitrogens with two attached hydrogens (primary N) is 1. The fourth-order valence-corrected chi connectivity index (χ4v) is 2.87. The van der Waals surface area contributed by atoms with Crippen molar-refractivity contribution in [1.82, 2.24) is 14.5 Å². The number of aromatic nitrogens is 2. The van der Waals surface area contributed by atoms with Gasteiger partial charge in [0, 0.05) is 25.2 Å². The number of hydrogen-bond acceptors (Lipinski definition) is 4. The zero-order valence-corrected chi connectivity index (χ0v) is 10.00. The molecule has 1 aromatic heterocycles. The molecule has 0 bridgehead atoms. The van der Waals surface area contributed by atoms with Crippen molar-refractivity contribution in [3.8, 4) is 0 Å². The molecule has 7 heteroatoms. The van der Waals surface area contributed by atoms with E-state index in [1.54, 1.807) is 13.0 Å². The molecule has 0 aliphatic rings. The van der Waals surface area contributed by atoms with Gasteiger partial charge in [-0.15, -0.1) is 6.58 Å². The molecule has 0 aliphatic carbocycles. The van der Waals surface area contributed by atoms with Gasteiger partial charge in [-0.3, -0.25) is 5.10 Å². The highest BCUT2D eigenvalue weighted by atomic mass is 32.2. The highest BCUT2D eigenvalue weighted by Crippen LogP contribution is 2.16. The fraction of sp³-hybridized carbons (Fsp3) is 0.444. The van der Waals surface area contributed by atoms with E-state index in [9.17, 15) is 8.42 Å². The van der Waals surface area contributed by atoms with Gasteiger partial charge < -0.3 is 5.73 Å². The van der Waals surface area contributed by atoms with E-state index in [-0.39, 0.29) is 18.1 Å². The molecule has 1 heterocycles. The van der Waals surface area contributed by atoms with Gasteiger partial charge in [-0.05, 0) is 0 Å². The molecule has 0 fully saturated rings. The van der Waals surface area contributed by atoms with Crippen molar-refractivity contribution < 1.29 is 8.42 Å². The van der Waals surface area contributed by atoms with Gasteiger partial charge in [0.15, 0.2) is 5.03 Å². The van der Waals surface area contributed by atoms with Crippen LogP contribution in [0.5, 0.6) is 0 Å². The van der Waals surface area contributed by atoms with Crippen molar-refractivity contribution in [2.45, 2.75) is 18.5 Å². The largest absolute Gasteiger partial charge is 0.326 e. The molecule has 0 spiro atoms. The summed E-state index contributed by atoms with van der Waals surface area (Å²) in [5, 5.41) is 6.24. The Kier molecular flexibility index (Phi) is 4.22. The molecule has 90 valence electrons. The van der Waals surface area contributed by atoms with Crippen molar-refractivity contribution in [2.24, 2.45) is 5.73 Å². The fourth-order valence-electron chi connectivity index (χ4n) is 1.34. The van der Waals surface area contributed by atoms with Gasteiger partial charge in [-0.25, -0.2) is 8.42 Å². The molecule has 1 aromatic rings. The lowest BCUT2D eigenvalue weighted by molar-refractivity contribution is 0.456. The minimum atomic E-state index is -3.55. The average Bonchev–Trinajstić information content (AvgIpc) is 2.74. The van der Waals surface area contributed by atoms with E-state index < -0.39 is 10.0 Å². The zero-order valence-electron chi connectivity index (χ0n) is 9.18. The Hall–Kier alpha value is -1.18. The number of nitrogens with one attached hydrogen (secondary N) is 1. The van der Waals surface area contributed by atoms with Crippen LogP contribution in [0.1, 0.15) is 12.5 Å². The van der Waals surface area contributed by atoms with Gasteiger partial charge in [0.1, 0.15) is 0 Å². The smallest absolute Gasteiger partial charge is 0.260 e. The van der Waals surface area contributed by atoms with E-state index in [1.165, 1.54) is 10.5 Å². The molecule has 16 heavy (non-hydrogen) atoms. The van der Waals surface area contributed by atoms with E-state index in [2.05, 4.69) is 16.8 Å². The van der Waals surface area contributed by atoms with E-state index in [0.29, 0.717) is 12.1 Å². The van der Waals surface area contributed by atoms with Crippen molar-refractivity contribution in [1.29, 1.82) is 0 Å². The van der Waals surface area contributed by atoms with Gasteiger partial charge in [0.05, 0.1) is 6.20 Å². The summed E-state index contributed by atoms with van der Waals surface area (Å²) in [6, 6.07) is 0. The first-order valence-corrected chi connectivity index (χ1v) is 6.35.